The largest absolute Gasteiger partial charge is 0.383 e. The second kappa shape index (κ2) is 4.30. The van der Waals surface area contributed by atoms with Gasteiger partial charge in [-0.2, -0.15) is 5.26 Å². The fourth-order valence-electron chi connectivity index (χ4n) is 1.80. The predicted molar refractivity (Wildman–Crippen MR) is 66.4 cm³/mol. The Morgan fingerprint density at radius 3 is 2.82 bits per heavy atom. The number of rotatable bonds is 2. The maximum absolute atomic E-state index is 8.98. The number of hydrogen-bond donors (Lipinski definition) is 1. The molecule has 4 heteroatoms. The van der Waals surface area contributed by atoms with Gasteiger partial charge in [-0.25, -0.2) is 4.98 Å². The van der Waals surface area contributed by atoms with Crippen molar-refractivity contribution in [2.75, 3.05) is 5.73 Å². The molecule has 2 heterocycles. The van der Waals surface area contributed by atoms with Gasteiger partial charge in [-0.15, -0.1) is 0 Å². The Labute approximate surface area is 100 Å². The Balaban J connectivity index is 2.38. The van der Waals surface area contributed by atoms with E-state index in [-0.39, 0.29) is 0 Å². The highest BCUT2D eigenvalue weighted by atomic mass is 15.0. The van der Waals surface area contributed by atoms with Crippen LogP contribution in [-0.4, -0.2) is 9.55 Å². The highest BCUT2D eigenvalue weighted by molar-refractivity contribution is 5.42. The van der Waals surface area contributed by atoms with Crippen LogP contribution in [0.4, 0.5) is 5.82 Å². The Bertz CT molecular complexity index is 590. The molecule has 4 nitrogen and oxygen atoms in total. The predicted octanol–water partition coefficient (Wildman–Crippen LogP) is 2.00. The number of pyridine rings is 1. The van der Waals surface area contributed by atoms with Crippen molar-refractivity contribution in [1.82, 2.24) is 9.55 Å². The first-order valence-corrected chi connectivity index (χ1v) is 5.39. The summed E-state index contributed by atoms with van der Waals surface area (Å²) in [5.74, 6) is 0.539. The van der Waals surface area contributed by atoms with Crippen molar-refractivity contribution in [2.24, 2.45) is 0 Å². The van der Waals surface area contributed by atoms with Crippen LogP contribution in [0.25, 0.3) is 0 Å². The van der Waals surface area contributed by atoms with Gasteiger partial charge >= 0.3 is 0 Å². The van der Waals surface area contributed by atoms with Crippen LogP contribution in [0.15, 0.2) is 24.5 Å². The number of hydrogen-bond acceptors (Lipinski definition) is 3. The van der Waals surface area contributed by atoms with E-state index in [2.05, 4.69) is 11.1 Å². The minimum atomic E-state index is 0.539. The van der Waals surface area contributed by atoms with Gasteiger partial charge in [0.2, 0.25) is 0 Å². The third-order valence-corrected chi connectivity index (χ3v) is 3.05. The summed E-state index contributed by atoms with van der Waals surface area (Å²) < 4.78 is 2.03. The minimum Gasteiger partial charge on any atom is -0.383 e. The summed E-state index contributed by atoms with van der Waals surface area (Å²) in [6.45, 7) is 4.60. The highest BCUT2D eigenvalue weighted by Gasteiger charge is 2.09. The van der Waals surface area contributed by atoms with Crippen LogP contribution in [0.1, 0.15) is 22.4 Å². The topological polar surface area (TPSA) is 67.6 Å². The van der Waals surface area contributed by atoms with Crippen LogP contribution in [0, 0.1) is 25.2 Å². The average molecular weight is 226 g/mol. The van der Waals surface area contributed by atoms with Crippen LogP contribution in [0.5, 0.6) is 0 Å². The third kappa shape index (κ3) is 2.00. The molecular formula is C13H14N4. The van der Waals surface area contributed by atoms with E-state index in [1.807, 2.05) is 36.7 Å². The van der Waals surface area contributed by atoms with Crippen LogP contribution in [0.3, 0.4) is 0 Å². The monoisotopic (exact) mass is 226 g/mol. The van der Waals surface area contributed by atoms with Gasteiger partial charge in [0, 0.05) is 23.7 Å². The molecule has 0 fully saturated rings. The molecule has 0 atom stereocenters. The van der Waals surface area contributed by atoms with E-state index in [0.29, 0.717) is 17.9 Å². The lowest BCUT2D eigenvalue weighted by Crippen LogP contribution is -2.04. The second-order valence-corrected chi connectivity index (χ2v) is 4.04. The van der Waals surface area contributed by atoms with Gasteiger partial charge < -0.3 is 10.3 Å². The quantitative estimate of drug-likeness (QED) is 0.851. The van der Waals surface area contributed by atoms with Gasteiger partial charge in [-0.05, 0) is 25.5 Å². The molecule has 17 heavy (non-hydrogen) atoms. The maximum Gasteiger partial charge on any atom is 0.128 e. The molecule has 0 saturated heterocycles. The van der Waals surface area contributed by atoms with Gasteiger partial charge in [-0.1, -0.05) is 6.07 Å². The lowest BCUT2D eigenvalue weighted by Gasteiger charge is -2.08. The number of nitrogen functional groups attached to an aromatic ring is 1. The molecule has 0 saturated carbocycles. The van der Waals surface area contributed by atoms with Gasteiger partial charge in [-0.3, -0.25) is 0 Å². The van der Waals surface area contributed by atoms with Crippen molar-refractivity contribution in [3.8, 4) is 6.07 Å². The maximum atomic E-state index is 8.98. The summed E-state index contributed by atoms with van der Waals surface area (Å²) in [7, 11) is 0. The van der Waals surface area contributed by atoms with E-state index in [1.54, 1.807) is 6.20 Å². The molecule has 2 aromatic rings. The fourth-order valence-corrected chi connectivity index (χ4v) is 1.80. The molecular weight excluding hydrogens is 212 g/mol. The first-order valence-electron chi connectivity index (χ1n) is 5.39. The molecule has 0 unspecified atom stereocenters. The molecule has 0 bridgehead atoms. The molecule has 0 aromatic carbocycles. The molecule has 0 radical (unpaired) electrons. The molecule has 86 valence electrons. The zero-order chi connectivity index (χ0) is 12.4. The molecule has 0 aliphatic carbocycles. The van der Waals surface area contributed by atoms with E-state index in [9.17, 15) is 0 Å². The SMILES string of the molecule is Cc1c(C#N)cn(Cc2cccnc2N)c1C. The normalized spacial score (nSPS) is 10.2. The van der Waals surface area contributed by atoms with E-state index in [1.165, 1.54) is 0 Å². The Morgan fingerprint density at radius 1 is 1.47 bits per heavy atom. The Morgan fingerprint density at radius 2 is 2.24 bits per heavy atom. The van der Waals surface area contributed by atoms with Gasteiger partial charge in [0.05, 0.1) is 12.1 Å². The van der Waals surface area contributed by atoms with Crippen molar-refractivity contribution < 1.29 is 0 Å². The summed E-state index contributed by atoms with van der Waals surface area (Å²) in [4.78, 5) is 4.05. The summed E-state index contributed by atoms with van der Waals surface area (Å²) in [5.41, 5.74) is 9.60. The highest BCUT2D eigenvalue weighted by Crippen LogP contribution is 2.18. The fraction of sp³-hybridized carbons (Fsp3) is 0.231. The number of nitrogens with two attached hydrogens (primary N) is 1. The molecule has 0 aliphatic heterocycles. The van der Waals surface area contributed by atoms with Crippen molar-refractivity contribution >= 4 is 5.82 Å². The Hall–Kier alpha value is -2.28. The number of anilines is 1. The average Bonchev–Trinajstić information content (AvgIpc) is 2.60. The van der Waals surface area contributed by atoms with Crippen molar-refractivity contribution in [3.63, 3.8) is 0 Å². The first kappa shape index (κ1) is 11.2. The summed E-state index contributed by atoms with van der Waals surface area (Å²) in [5, 5.41) is 8.98. The van der Waals surface area contributed by atoms with Crippen molar-refractivity contribution in [3.05, 3.63) is 46.9 Å². The van der Waals surface area contributed by atoms with Gasteiger partial charge in [0.1, 0.15) is 11.9 Å². The Kier molecular flexibility index (Phi) is 2.84. The molecule has 2 N–H and O–H groups in total. The molecule has 2 rings (SSSR count). The van der Waals surface area contributed by atoms with E-state index >= 15 is 0 Å². The van der Waals surface area contributed by atoms with Crippen LogP contribution in [0.2, 0.25) is 0 Å². The zero-order valence-electron chi connectivity index (χ0n) is 9.94. The van der Waals surface area contributed by atoms with E-state index < -0.39 is 0 Å². The summed E-state index contributed by atoms with van der Waals surface area (Å²) >= 11 is 0. The van der Waals surface area contributed by atoms with Gasteiger partial charge in [0.15, 0.2) is 0 Å². The third-order valence-electron chi connectivity index (χ3n) is 3.05. The standard InChI is InChI=1S/C13H14N4/c1-9-10(2)17(8-12(9)6-14)7-11-4-3-5-16-13(11)15/h3-5,8H,7H2,1-2H3,(H2,15,16). The first-order chi connectivity index (χ1) is 8.13. The lowest BCUT2D eigenvalue weighted by molar-refractivity contribution is 0.772. The summed E-state index contributed by atoms with van der Waals surface area (Å²) in [6.07, 6.45) is 3.53. The molecule has 0 amide bonds. The zero-order valence-corrected chi connectivity index (χ0v) is 9.94. The van der Waals surface area contributed by atoms with Crippen molar-refractivity contribution in [1.29, 1.82) is 5.26 Å². The molecule has 0 aliphatic rings. The smallest absolute Gasteiger partial charge is 0.128 e. The van der Waals surface area contributed by atoms with Crippen molar-refractivity contribution in [2.45, 2.75) is 20.4 Å². The lowest BCUT2D eigenvalue weighted by atomic mass is 10.2. The van der Waals surface area contributed by atoms with E-state index in [0.717, 1.165) is 16.8 Å². The summed E-state index contributed by atoms with van der Waals surface area (Å²) in [6, 6.07) is 6.00. The van der Waals surface area contributed by atoms with E-state index in [4.69, 9.17) is 11.0 Å². The number of aromatic nitrogens is 2. The minimum absolute atomic E-state index is 0.539. The van der Waals surface area contributed by atoms with Crippen LogP contribution >= 0.6 is 0 Å². The number of nitriles is 1. The molecule has 2 aromatic heterocycles. The second-order valence-electron chi connectivity index (χ2n) is 4.04. The molecule has 0 spiro atoms. The van der Waals surface area contributed by atoms with Crippen LogP contribution in [-0.2, 0) is 6.54 Å². The van der Waals surface area contributed by atoms with Crippen LogP contribution < -0.4 is 5.73 Å². The number of nitrogens with zero attached hydrogens (tertiary/aromatic N) is 3. The van der Waals surface area contributed by atoms with Gasteiger partial charge in [0.25, 0.3) is 0 Å².